The lowest BCUT2D eigenvalue weighted by molar-refractivity contribution is -0.148. The summed E-state index contributed by atoms with van der Waals surface area (Å²) in [6.45, 7) is 3.55. The van der Waals surface area contributed by atoms with Crippen molar-refractivity contribution in [3.8, 4) is 0 Å². The Labute approximate surface area is 185 Å². The van der Waals surface area contributed by atoms with E-state index in [1.807, 2.05) is 6.29 Å². The lowest BCUT2D eigenvalue weighted by atomic mass is 9.85. The van der Waals surface area contributed by atoms with Crippen molar-refractivity contribution in [3.05, 3.63) is 0 Å². The van der Waals surface area contributed by atoms with Crippen LogP contribution in [0.25, 0.3) is 0 Å². The Morgan fingerprint density at radius 1 is 1.20 bits per heavy atom. The van der Waals surface area contributed by atoms with E-state index in [1.165, 1.54) is 18.7 Å². The van der Waals surface area contributed by atoms with Crippen LogP contribution in [0, 0.1) is 0 Å². The summed E-state index contributed by atoms with van der Waals surface area (Å²) in [5, 5.41) is 2.59. The van der Waals surface area contributed by atoms with Gasteiger partial charge in [-0.15, -0.1) is 0 Å². The molecule has 1 radical (unpaired) electrons. The largest absolute Gasteiger partial charge is 0.343 e. The van der Waals surface area contributed by atoms with Crippen molar-refractivity contribution in [3.63, 3.8) is 0 Å². The molecular weight excluding hydrogens is 404 g/mol. The Kier molecular flexibility index (Phi) is 11.6. The van der Waals surface area contributed by atoms with Gasteiger partial charge in [-0.25, -0.2) is 0 Å². The summed E-state index contributed by atoms with van der Waals surface area (Å²) < 4.78 is 0. The van der Waals surface area contributed by atoms with E-state index in [2.05, 4.69) is 17.9 Å². The summed E-state index contributed by atoms with van der Waals surface area (Å²) in [4.78, 5) is 52.0. The van der Waals surface area contributed by atoms with Crippen molar-refractivity contribution in [1.82, 2.24) is 10.2 Å². The predicted octanol–water partition coefficient (Wildman–Crippen LogP) is 0.866. The van der Waals surface area contributed by atoms with Gasteiger partial charge in [0.05, 0.1) is 6.04 Å². The number of unbranched alkanes of at least 4 members (excludes halogenated alkanes) is 2. The van der Waals surface area contributed by atoms with Crippen molar-refractivity contribution < 1.29 is 19.2 Å². The highest BCUT2D eigenvalue weighted by molar-refractivity contribution is 7.80. The van der Waals surface area contributed by atoms with E-state index in [0.717, 1.165) is 32.1 Å². The monoisotopic (exact) mass is 441 g/mol. The normalized spacial score (nSPS) is 18.7. The van der Waals surface area contributed by atoms with Crippen molar-refractivity contribution in [2.75, 3.05) is 12.3 Å². The highest BCUT2D eigenvalue weighted by atomic mass is 32.1. The van der Waals surface area contributed by atoms with Crippen LogP contribution in [0.1, 0.15) is 71.6 Å². The first-order chi connectivity index (χ1) is 14.2. The van der Waals surface area contributed by atoms with Crippen molar-refractivity contribution in [1.29, 1.82) is 0 Å². The Bertz CT molecular complexity index is 598. The van der Waals surface area contributed by atoms with Crippen LogP contribution in [0.2, 0.25) is 0 Å². The van der Waals surface area contributed by atoms with Gasteiger partial charge in [-0.3, -0.25) is 19.2 Å². The number of nitrogens with two attached hydrogens (primary N) is 2. The van der Waals surface area contributed by atoms with E-state index < -0.39 is 29.4 Å². The fourth-order valence-corrected chi connectivity index (χ4v) is 4.03. The molecule has 8 nitrogen and oxygen atoms in total. The van der Waals surface area contributed by atoms with Gasteiger partial charge in [0.2, 0.25) is 18.1 Å². The highest BCUT2D eigenvalue weighted by Crippen LogP contribution is 2.30. The number of Topliss-reactive ketones (excluding diaryl/α,β-unsaturated/α-hetero) is 1. The molecule has 5 N–H and O–H groups in total. The summed E-state index contributed by atoms with van der Waals surface area (Å²) in [7, 11) is 0. The summed E-state index contributed by atoms with van der Waals surface area (Å²) in [5.74, 6) is -1.17. The second-order valence-electron chi connectivity index (χ2n) is 8.22. The van der Waals surface area contributed by atoms with Gasteiger partial charge < -0.3 is 21.7 Å². The van der Waals surface area contributed by atoms with Crippen molar-refractivity contribution in [2.24, 2.45) is 11.5 Å². The van der Waals surface area contributed by atoms with Crippen LogP contribution >= 0.6 is 12.6 Å². The quantitative estimate of drug-likeness (QED) is 0.190. The lowest BCUT2D eigenvalue weighted by Gasteiger charge is -2.44. The third kappa shape index (κ3) is 7.06. The molecular formula is C21H37N4O4S. The zero-order chi connectivity index (χ0) is 22.7. The van der Waals surface area contributed by atoms with Gasteiger partial charge in [0.1, 0.15) is 6.04 Å². The van der Waals surface area contributed by atoms with Gasteiger partial charge >= 0.3 is 0 Å². The molecule has 1 saturated carbocycles. The Morgan fingerprint density at radius 3 is 2.37 bits per heavy atom. The van der Waals surface area contributed by atoms with Crippen LogP contribution in [0.5, 0.6) is 0 Å². The Morgan fingerprint density at radius 2 is 1.83 bits per heavy atom. The minimum atomic E-state index is -1.69. The second kappa shape index (κ2) is 13.1. The molecule has 0 aliphatic heterocycles. The molecule has 171 valence electrons. The molecule has 0 unspecified atom stereocenters. The maximum atomic E-state index is 13.4. The SMILES string of the molecule is C[C@H](NC(=O)[C@@H](N)CS)C(=O)N(C1CCCCC1)[C@@](C)([C]=O)C(=O)CCCCCN. The van der Waals surface area contributed by atoms with Crippen LogP contribution in [-0.2, 0) is 19.2 Å². The topological polar surface area (TPSA) is 136 Å². The highest BCUT2D eigenvalue weighted by Gasteiger charge is 2.47. The molecule has 0 saturated heterocycles. The van der Waals surface area contributed by atoms with Crippen LogP contribution in [0.4, 0.5) is 0 Å². The first kappa shape index (κ1) is 26.6. The minimum Gasteiger partial charge on any atom is -0.343 e. The maximum Gasteiger partial charge on any atom is 0.246 e. The van der Waals surface area contributed by atoms with E-state index in [4.69, 9.17) is 11.5 Å². The lowest BCUT2D eigenvalue weighted by Crippen LogP contribution is -2.64. The second-order valence-corrected chi connectivity index (χ2v) is 8.58. The molecule has 1 aliphatic rings. The molecule has 0 heterocycles. The van der Waals surface area contributed by atoms with Gasteiger partial charge in [-0.2, -0.15) is 12.6 Å². The zero-order valence-electron chi connectivity index (χ0n) is 18.2. The fraction of sp³-hybridized carbons (Fsp3) is 0.810. The summed E-state index contributed by atoms with van der Waals surface area (Å²) in [6, 6.07) is -2.02. The zero-order valence-corrected chi connectivity index (χ0v) is 19.1. The first-order valence-electron chi connectivity index (χ1n) is 10.9. The standard InChI is InChI=1S/C21H37N4O4S/c1-15(24-19(28)17(23)13-30)20(29)25(16-9-5-3-6-10-16)21(2,14-26)18(27)11-7-4-8-12-22/h15-17,30H,3-13,22-23H2,1-2H3,(H,24,28)/t15-,17-,21-/m0/s1. The molecule has 0 aromatic heterocycles. The van der Waals surface area contributed by atoms with E-state index >= 15 is 0 Å². The smallest absolute Gasteiger partial charge is 0.246 e. The molecule has 0 aromatic rings. The third-order valence-corrected chi connectivity index (χ3v) is 6.16. The molecule has 30 heavy (non-hydrogen) atoms. The van der Waals surface area contributed by atoms with E-state index in [9.17, 15) is 19.2 Å². The van der Waals surface area contributed by atoms with Gasteiger partial charge in [0.15, 0.2) is 11.3 Å². The van der Waals surface area contributed by atoms with Crippen LogP contribution in [0.3, 0.4) is 0 Å². The number of ketones is 1. The average molecular weight is 442 g/mol. The molecule has 2 amide bonds. The number of nitrogens with one attached hydrogen (secondary N) is 1. The molecule has 1 aliphatic carbocycles. The minimum absolute atomic E-state index is 0.139. The first-order valence-corrected chi connectivity index (χ1v) is 11.5. The van der Waals surface area contributed by atoms with E-state index in [0.29, 0.717) is 25.8 Å². The van der Waals surface area contributed by atoms with Crippen LogP contribution in [0.15, 0.2) is 0 Å². The Hall–Kier alpha value is -1.45. The number of amides is 2. The molecule has 9 heteroatoms. The molecule has 1 fully saturated rings. The van der Waals surface area contributed by atoms with Gasteiger partial charge in [-0.1, -0.05) is 25.7 Å². The number of thiol groups is 1. The summed E-state index contributed by atoms with van der Waals surface area (Å²) >= 11 is 4.00. The Balaban J connectivity index is 3.09. The van der Waals surface area contributed by atoms with Crippen molar-refractivity contribution >= 4 is 36.5 Å². The average Bonchev–Trinajstić information content (AvgIpc) is 2.76. The van der Waals surface area contributed by atoms with E-state index in [-0.39, 0.29) is 24.0 Å². The number of rotatable bonds is 13. The molecule has 3 atom stereocenters. The maximum absolute atomic E-state index is 13.4. The van der Waals surface area contributed by atoms with Gasteiger partial charge in [-0.05, 0) is 46.1 Å². The number of nitrogens with zero attached hydrogens (tertiary/aromatic N) is 1. The third-order valence-electron chi connectivity index (χ3n) is 5.77. The number of carbonyl (C=O) groups is 3. The number of carbonyl (C=O) groups excluding carboxylic acids is 4. The van der Waals surface area contributed by atoms with Gasteiger partial charge in [0, 0.05) is 18.2 Å². The fourth-order valence-electron chi connectivity index (χ4n) is 3.87. The molecule has 1 rings (SSSR count). The number of hydrogen-bond acceptors (Lipinski definition) is 7. The van der Waals surface area contributed by atoms with Crippen molar-refractivity contribution in [2.45, 2.75) is 95.3 Å². The molecule has 0 bridgehead atoms. The molecule has 0 spiro atoms. The molecule has 0 aromatic carbocycles. The van der Waals surface area contributed by atoms with Gasteiger partial charge in [0.25, 0.3) is 0 Å². The van der Waals surface area contributed by atoms with E-state index in [1.54, 1.807) is 0 Å². The predicted molar refractivity (Wildman–Crippen MR) is 120 cm³/mol. The van der Waals surface area contributed by atoms with Crippen LogP contribution in [-0.4, -0.2) is 64.7 Å². The summed E-state index contributed by atoms with van der Waals surface area (Å²) in [6.07, 6.45) is 8.53. The number of hydrogen-bond donors (Lipinski definition) is 4. The summed E-state index contributed by atoms with van der Waals surface area (Å²) in [5.41, 5.74) is 9.50. The van der Waals surface area contributed by atoms with Crippen LogP contribution < -0.4 is 16.8 Å².